The van der Waals surface area contributed by atoms with E-state index in [1.807, 2.05) is 24.3 Å². The summed E-state index contributed by atoms with van der Waals surface area (Å²) in [6.45, 7) is 4.14. The van der Waals surface area contributed by atoms with E-state index in [0.717, 1.165) is 24.5 Å². The molecule has 0 amide bonds. The Balaban J connectivity index is 1.72. The Bertz CT molecular complexity index is 370. The van der Waals surface area contributed by atoms with Crippen molar-refractivity contribution in [2.75, 3.05) is 26.2 Å². The molecule has 0 aliphatic carbocycles. The molecular weight excluding hydrogens is 228 g/mol. The van der Waals surface area contributed by atoms with E-state index in [4.69, 9.17) is 9.94 Å². The Hall–Kier alpha value is -1.55. The molecule has 1 heterocycles. The van der Waals surface area contributed by atoms with Gasteiger partial charge in [0.1, 0.15) is 12.4 Å². The topological polar surface area (TPSA) is 45.1 Å². The van der Waals surface area contributed by atoms with Crippen LogP contribution in [0.5, 0.6) is 5.75 Å². The first-order chi connectivity index (χ1) is 8.88. The number of ether oxygens (including phenoxy) is 1. The number of benzene rings is 1. The molecule has 1 aliphatic heterocycles. The van der Waals surface area contributed by atoms with Gasteiger partial charge in [-0.15, -0.1) is 0 Å². The molecule has 1 aromatic rings. The van der Waals surface area contributed by atoms with Gasteiger partial charge >= 0.3 is 0 Å². The summed E-state index contributed by atoms with van der Waals surface area (Å²) in [5.41, 5.74) is 0.862. The molecule has 0 bridgehead atoms. The number of likely N-dealkylation sites (tertiary alicyclic amines) is 1. The van der Waals surface area contributed by atoms with Crippen molar-refractivity contribution in [3.63, 3.8) is 0 Å². The largest absolute Gasteiger partial charge is 0.492 e. The van der Waals surface area contributed by atoms with Gasteiger partial charge in [-0.2, -0.15) is 0 Å². The predicted octanol–water partition coefficient (Wildman–Crippen LogP) is 2.36. The van der Waals surface area contributed by atoms with E-state index < -0.39 is 0 Å². The van der Waals surface area contributed by atoms with Crippen LogP contribution in [0.15, 0.2) is 29.4 Å². The van der Waals surface area contributed by atoms with E-state index in [1.54, 1.807) is 0 Å². The number of rotatable bonds is 5. The van der Waals surface area contributed by atoms with Crippen LogP contribution in [-0.4, -0.2) is 42.6 Å². The van der Waals surface area contributed by atoms with Crippen molar-refractivity contribution < 1.29 is 9.94 Å². The summed E-state index contributed by atoms with van der Waals surface area (Å²) in [5.74, 6) is 0.863. The zero-order valence-corrected chi connectivity index (χ0v) is 10.6. The lowest BCUT2D eigenvalue weighted by Gasteiger charge is -2.26. The molecule has 4 nitrogen and oxygen atoms in total. The molecule has 0 aromatic heterocycles. The zero-order valence-electron chi connectivity index (χ0n) is 10.6. The minimum atomic E-state index is 0.730. The van der Waals surface area contributed by atoms with Crippen LogP contribution in [-0.2, 0) is 0 Å². The van der Waals surface area contributed by atoms with E-state index in [-0.39, 0.29) is 0 Å². The highest BCUT2D eigenvalue weighted by Gasteiger charge is 2.09. The van der Waals surface area contributed by atoms with Gasteiger partial charge in [-0.25, -0.2) is 0 Å². The molecular formula is C14H20N2O2. The molecule has 1 N–H and O–H groups in total. The molecule has 0 saturated carbocycles. The first-order valence-corrected chi connectivity index (χ1v) is 6.51. The van der Waals surface area contributed by atoms with Gasteiger partial charge in [-0.05, 0) is 55.8 Å². The third-order valence-corrected chi connectivity index (χ3v) is 3.21. The Morgan fingerprint density at radius 2 is 1.89 bits per heavy atom. The molecule has 1 aromatic carbocycles. The second-order valence-corrected chi connectivity index (χ2v) is 4.56. The van der Waals surface area contributed by atoms with Gasteiger partial charge in [-0.1, -0.05) is 11.6 Å². The molecule has 18 heavy (non-hydrogen) atoms. The van der Waals surface area contributed by atoms with Crippen molar-refractivity contribution in [3.8, 4) is 5.75 Å². The summed E-state index contributed by atoms with van der Waals surface area (Å²) in [5, 5.41) is 11.4. The van der Waals surface area contributed by atoms with Crippen LogP contribution in [0, 0.1) is 0 Å². The molecule has 0 unspecified atom stereocenters. The average molecular weight is 248 g/mol. The molecule has 0 atom stereocenters. The SMILES string of the molecule is ON=Cc1ccc(OCCN2CCCCC2)cc1. The van der Waals surface area contributed by atoms with Crippen molar-refractivity contribution in [2.24, 2.45) is 5.16 Å². The lowest BCUT2D eigenvalue weighted by Crippen LogP contribution is -2.33. The van der Waals surface area contributed by atoms with E-state index in [0.29, 0.717) is 0 Å². The Morgan fingerprint density at radius 3 is 2.56 bits per heavy atom. The van der Waals surface area contributed by atoms with Crippen LogP contribution >= 0.6 is 0 Å². The molecule has 1 saturated heterocycles. The smallest absolute Gasteiger partial charge is 0.119 e. The fourth-order valence-electron chi connectivity index (χ4n) is 2.19. The van der Waals surface area contributed by atoms with Crippen molar-refractivity contribution >= 4 is 6.21 Å². The molecule has 4 heteroatoms. The highest BCUT2D eigenvalue weighted by atomic mass is 16.5. The maximum absolute atomic E-state index is 8.41. The normalized spacial score (nSPS) is 17.1. The number of piperidine rings is 1. The van der Waals surface area contributed by atoms with Gasteiger partial charge < -0.3 is 9.94 Å². The van der Waals surface area contributed by atoms with Gasteiger partial charge in [0.25, 0.3) is 0 Å². The molecule has 1 aliphatic rings. The highest BCUT2D eigenvalue weighted by molar-refractivity contribution is 5.79. The van der Waals surface area contributed by atoms with Crippen molar-refractivity contribution in [1.29, 1.82) is 0 Å². The Kier molecular flexibility index (Phi) is 5.02. The van der Waals surface area contributed by atoms with E-state index in [9.17, 15) is 0 Å². The second kappa shape index (κ2) is 7.01. The Labute approximate surface area is 108 Å². The number of oxime groups is 1. The molecule has 98 valence electrons. The van der Waals surface area contributed by atoms with Gasteiger partial charge in [0.15, 0.2) is 0 Å². The van der Waals surface area contributed by atoms with Crippen molar-refractivity contribution in [1.82, 2.24) is 4.90 Å². The lowest BCUT2D eigenvalue weighted by molar-refractivity contribution is 0.183. The summed E-state index contributed by atoms with van der Waals surface area (Å²) in [7, 11) is 0. The number of hydrogen-bond donors (Lipinski definition) is 1. The van der Waals surface area contributed by atoms with E-state index in [1.165, 1.54) is 38.6 Å². The third-order valence-electron chi connectivity index (χ3n) is 3.21. The van der Waals surface area contributed by atoms with Crippen LogP contribution < -0.4 is 4.74 Å². The summed E-state index contributed by atoms with van der Waals surface area (Å²) in [6.07, 6.45) is 5.40. The quantitative estimate of drug-likeness (QED) is 0.494. The molecule has 1 fully saturated rings. The zero-order chi connectivity index (χ0) is 12.6. The minimum Gasteiger partial charge on any atom is -0.492 e. The maximum Gasteiger partial charge on any atom is 0.119 e. The molecule has 0 spiro atoms. The summed E-state index contributed by atoms with van der Waals surface area (Å²) in [6, 6.07) is 7.53. The standard InChI is InChI=1S/C14H20N2O2/c17-15-12-13-4-6-14(7-5-13)18-11-10-16-8-2-1-3-9-16/h4-7,12,17H,1-3,8-11H2. The first-order valence-electron chi connectivity index (χ1n) is 6.51. The Morgan fingerprint density at radius 1 is 1.17 bits per heavy atom. The fraction of sp³-hybridized carbons (Fsp3) is 0.500. The van der Waals surface area contributed by atoms with Gasteiger partial charge in [0.05, 0.1) is 6.21 Å². The predicted molar refractivity (Wildman–Crippen MR) is 71.6 cm³/mol. The number of nitrogens with zero attached hydrogens (tertiary/aromatic N) is 2. The van der Waals surface area contributed by atoms with Crippen molar-refractivity contribution in [2.45, 2.75) is 19.3 Å². The van der Waals surface area contributed by atoms with Crippen molar-refractivity contribution in [3.05, 3.63) is 29.8 Å². The second-order valence-electron chi connectivity index (χ2n) is 4.56. The van der Waals surface area contributed by atoms with Gasteiger partial charge in [0.2, 0.25) is 0 Å². The van der Waals surface area contributed by atoms with Gasteiger partial charge in [-0.3, -0.25) is 4.90 Å². The van der Waals surface area contributed by atoms with E-state index in [2.05, 4.69) is 10.1 Å². The lowest BCUT2D eigenvalue weighted by atomic mass is 10.1. The van der Waals surface area contributed by atoms with Crippen LogP contribution in [0.1, 0.15) is 24.8 Å². The van der Waals surface area contributed by atoms with Gasteiger partial charge in [0, 0.05) is 6.54 Å². The van der Waals surface area contributed by atoms with Crippen LogP contribution in [0.3, 0.4) is 0 Å². The fourth-order valence-corrected chi connectivity index (χ4v) is 2.19. The summed E-state index contributed by atoms with van der Waals surface area (Å²) < 4.78 is 5.69. The summed E-state index contributed by atoms with van der Waals surface area (Å²) >= 11 is 0. The summed E-state index contributed by atoms with van der Waals surface area (Å²) in [4.78, 5) is 2.45. The monoisotopic (exact) mass is 248 g/mol. The van der Waals surface area contributed by atoms with Crippen LogP contribution in [0.4, 0.5) is 0 Å². The average Bonchev–Trinajstić information content (AvgIpc) is 2.42. The maximum atomic E-state index is 8.41. The number of hydrogen-bond acceptors (Lipinski definition) is 4. The minimum absolute atomic E-state index is 0.730. The third kappa shape index (κ3) is 4.04. The molecule has 0 radical (unpaired) electrons. The van der Waals surface area contributed by atoms with Crippen LogP contribution in [0.2, 0.25) is 0 Å². The highest BCUT2D eigenvalue weighted by Crippen LogP contribution is 2.12. The first kappa shape index (κ1) is 12.9. The van der Waals surface area contributed by atoms with E-state index >= 15 is 0 Å². The van der Waals surface area contributed by atoms with Crippen LogP contribution in [0.25, 0.3) is 0 Å². The molecule has 2 rings (SSSR count).